The van der Waals surface area contributed by atoms with Crippen LogP contribution in [0.1, 0.15) is 22.4 Å². The van der Waals surface area contributed by atoms with Gasteiger partial charge in [0.25, 0.3) is 0 Å². The number of aromatic nitrogens is 2. The second-order valence-corrected chi connectivity index (χ2v) is 6.45. The molecule has 5 heteroatoms. The highest BCUT2D eigenvalue weighted by Crippen LogP contribution is 2.21. The van der Waals surface area contributed by atoms with Crippen molar-refractivity contribution in [3.05, 3.63) is 88.5 Å². The van der Waals surface area contributed by atoms with Gasteiger partial charge in [-0.05, 0) is 29.7 Å². The number of rotatable bonds is 3. The molecular formula is C21H19N5. The van der Waals surface area contributed by atoms with E-state index >= 15 is 0 Å². The molecule has 0 unspecified atom stereocenters. The molecule has 0 saturated heterocycles. The highest BCUT2D eigenvalue weighted by Gasteiger charge is 2.23. The van der Waals surface area contributed by atoms with Crippen molar-refractivity contribution >= 4 is 0 Å². The average molecular weight is 341 g/mol. The van der Waals surface area contributed by atoms with E-state index in [1.807, 2.05) is 36.4 Å². The monoisotopic (exact) mass is 341 g/mol. The van der Waals surface area contributed by atoms with Crippen molar-refractivity contribution in [2.75, 3.05) is 6.54 Å². The molecule has 0 aliphatic carbocycles. The van der Waals surface area contributed by atoms with Crippen LogP contribution in [0.4, 0.5) is 0 Å². The fourth-order valence-electron chi connectivity index (χ4n) is 3.43. The van der Waals surface area contributed by atoms with E-state index in [0.29, 0.717) is 12.1 Å². The third-order valence-corrected chi connectivity index (χ3v) is 4.73. The molecule has 2 aromatic carbocycles. The number of fused-ring (bicyclic) bond motifs is 1. The molecule has 26 heavy (non-hydrogen) atoms. The third-order valence-electron chi connectivity index (χ3n) is 4.73. The van der Waals surface area contributed by atoms with E-state index in [9.17, 15) is 5.26 Å². The number of hydrogen-bond donors (Lipinski definition) is 1. The SMILES string of the molecule is N#Cc1c2c(nn(-c3ccccc3)c1=N)CN(Cc1ccccc1)CC2. The van der Waals surface area contributed by atoms with E-state index in [4.69, 9.17) is 10.5 Å². The fraction of sp³-hybridized carbons (Fsp3) is 0.190. The molecule has 1 aliphatic rings. The predicted molar refractivity (Wildman–Crippen MR) is 98.4 cm³/mol. The van der Waals surface area contributed by atoms with E-state index in [2.05, 4.69) is 35.2 Å². The quantitative estimate of drug-likeness (QED) is 0.796. The van der Waals surface area contributed by atoms with Gasteiger partial charge in [0, 0.05) is 19.6 Å². The van der Waals surface area contributed by atoms with Gasteiger partial charge in [0.05, 0.1) is 11.4 Å². The van der Waals surface area contributed by atoms with Crippen molar-refractivity contribution in [3.8, 4) is 11.8 Å². The summed E-state index contributed by atoms with van der Waals surface area (Å²) in [6, 6.07) is 22.2. The minimum Gasteiger partial charge on any atom is -0.293 e. The van der Waals surface area contributed by atoms with Gasteiger partial charge in [0.2, 0.25) is 0 Å². The highest BCUT2D eigenvalue weighted by molar-refractivity contribution is 5.41. The average Bonchev–Trinajstić information content (AvgIpc) is 2.69. The summed E-state index contributed by atoms with van der Waals surface area (Å²) in [6.07, 6.45) is 0.750. The molecule has 0 amide bonds. The van der Waals surface area contributed by atoms with Gasteiger partial charge >= 0.3 is 0 Å². The van der Waals surface area contributed by atoms with Gasteiger partial charge in [-0.3, -0.25) is 10.3 Å². The van der Waals surface area contributed by atoms with Crippen molar-refractivity contribution in [1.82, 2.24) is 14.7 Å². The standard InChI is InChI=1S/C21H19N5/c22-13-19-18-11-12-25(14-16-7-3-1-4-8-16)15-20(18)24-26(21(19)23)17-9-5-2-6-10-17/h1-10,23H,11-12,14-15H2. The molecule has 0 radical (unpaired) electrons. The third kappa shape index (κ3) is 3.03. The molecule has 4 rings (SSSR count). The largest absolute Gasteiger partial charge is 0.293 e. The summed E-state index contributed by atoms with van der Waals surface area (Å²) in [5, 5.41) is 22.8. The summed E-state index contributed by atoms with van der Waals surface area (Å²) in [5.74, 6) is 0. The number of para-hydroxylation sites is 1. The number of nitriles is 1. The van der Waals surface area contributed by atoms with Gasteiger partial charge < -0.3 is 0 Å². The van der Waals surface area contributed by atoms with Crippen LogP contribution >= 0.6 is 0 Å². The Bertz CT molecular complexity index is 1020. The molecule has 0 saturated carbocycles. The molecule has 2 heterocycles. The molecule has 3 aromatic rings. The van der Waals surface area contributed by atoms with E-state index in [1.54, 1.807) is 4.68 Å². The molecular weight excluding hydrogens is 322 g/mol. The molecule has 0 spiro atoms. The maximum Gasteiger partial charge on any atom is 0.164 e. The number of nitrogens with zero attached hydrogens (tertiary/aromatic N) is 4. The van der Waals surface area contributed by atoms with Gasteiger partial charge in [-0.15, -0.1) is 0 Å². The van der Waals surface area contributed by atoms with Crippen LogP contribution in [-0.4, -0.2) is 21.2 Å². The van der Waals surface area contributed by atoms with E-state index in [-0.39, 0.29) is 5.49 Å². The smallest absolute Gasteiger partial charge is 0.164 e. The Hall–Kier alpha value is -3.23. The Morgan fingerprint density at radius 1 is 1.04 bits per heavy atom. The van der Waals surface area contributed by atoms with Gasteiger partial charge in [-0.2, -0.15) is 10.4 Å². The summed E-state index contributed by atoms with van der Waals surface area (Å²) < 4.78 is 1.57. The van der Waals surface area contributed by atoms with Crippen LogP contribution < -0.4 is 5.49 Å². The lowest BCUT2D eigenvalue weighted by atomic mass is 10.00. The molecule has 1 aliphatic heterocycles. The van der Waals surface area contributed by atoms with E-state index in [1.165, 1.54) is 5.56 Å². The first-order valence-corrected chi connectivity index (χ1v) is 8.68. The number of benzene rings is 2. The molecule has 1 aromatic heterocycles. The van der Waals surface area contributed by atoms with Crippen LogP contribution in [0.2, 0.25) is 0 Å². The first kappa shape index (κ1) is 16.2. The predicted octanol–water partition coefficient (Wildman–Crippen LogP) is 2.78. The Labute approximate surface area is 152 Å². The van der Waals surface area contributed by atoms with Crippen molar-refractivity contribution in [2.24, 2.45) is 0 Å². The molecule has 128 valence electrons. The van der Waals surface area contributed by atoms with Crippen LogP contribution in [0, 0.1) is 16.7 Å². The lowest BCUT2D eigenvalue weighted by Crippen LogP contribution is -2.36. The van der Waals surface area contributed by atoms with Crippen LogP contribution in [-0.2, 0) is 19.5 Å². The summed E-state index contributed by atoms with van der Waals surface area (Å²) in [7, 11) is 0. The van der Waals surface area contributed by atoms with Crippen molar-refractivity contribution in [2.45, 2.75) is 19.5 Å². The van der Waals surface area contributed by atoms with Crippen LogP contribution in [0.5, 0.6) is 0 Å². The van der Waals surface area contributed by atoms with Gasteiger partial charge in [-0.25, -0.2) is 4.68 Å². The topological polar surface area (TPSA) is 68.7 Å². The highest BCUT2D eigenvalue weighted by atomic mass is 15.3. The normalized spacial score (nSPS) is 13.8. The van der Waals surface area contributed by atoms with E-state index in [0.717, 1.165) is 36.5 Å². The zero-order valence-corrected chi connectivity index (χ0v) is 14.4. The summed E-state index contributed by atoms with van der Waals surface area (Å²) in [4.78, 5) is 2.34. The van der Waals surface area contributed by atoms with Crippen LogP contribution in [0.25, 0.3) is 5.69 Å². The molecule has 0 fully saturated rings. The zero-order valence-electron chi connectivity index (χ0n) is 14.4. The first-order valence-electron chi connectivity index (χ1n) is 8.68. The fourth-order valence-corrected chi connectivity index (χ4v) is 3.43. The Morgan fingerprint density at radius 2 is 1.73 bits per heavy atom. The minimum absolute atomic E-state index is 0.161. The summed E-state index contributed by atoms with van der Waals surface area (Å²) in [5.41, 5.74) is 4.49. The first-order chi connectivity index (χ1) is 12.8. The summed E-state index contributed by atoms with van der Waals surface area (Å²) >= 11 is 0. The lowest BCUT2D eigenvalue weighted by Gasteiger charge is -2.29. The van der Waals surface area contributed by atoms with Crippen LogP contribution in [0.3, 0.4) is 0 Å². The van der Waals surface area contributed by atoms with Crippen molar-refractivity contribution in [3.63, 3.8) is 0 Å². The lowest BCUT2D eigenvalue weighted by molar-refractivity contribution is 0.239. The summed E-state index contributed by atoms with van der Waals surface area (Å²) in [6.45, 7) is 2.41. The minimum atomic E-state index is 0.161. The molecule has 5 nitrogen and oxygen atoms in total. The molecule has 1 N–H and O–H groups in total. The Kier molecular flexibility index (Phi) is 4.34. The second kappa shape index (κ2) is 6.95. The zero-order chi connectivity index (χ0) is 17.9. The van der Waals surface area contributed by atoms with Gasteiger partial charge in [0.1, 0.15) is 11.6 Å². The number of nitrogens with one attached hydrogen (secondary N) is 1. The Balaban J connectivity index is 1.72. The Morgan fingerprint density at radius 3 is 2.42 bits per heavy atom. The molecule has 0 atom stereocenters. The van der Waals surface area contributed by atoms with E-state index < -0.39 is 0 Å². The van der Waals surface area contributed by atoms with Crippen molar-refractivity contribution in [1.29, 1.82) is 10.7 Å². The maximum atomic E-state index is 9.62. The van der Waals surface area contributed by atoms with Crippen LogP contribution in [0.15, 0.2) is 60.7 Å². The number of hydrogen-bond acceptors (Lipinski definition) is 4. The molecule has 0 bridgehead atoms. The second-order valence-electron chi connectivity index (χ2n) is 6.45. The van der Waals surface area contributed by atoms with Crippen molar-refractivity contribution < 1.29 is 0 Å². The van der Waals surface area contributed by atoms with Gasteiger partial charge in [-0.1, -0.05) is 48.5 Å². The maximum absolute atomic E-state index is 9.62. The van der Waals surface area contributed by atoms with Gasteiger partial charge in [0.15, 0.2) is 5.49 Å².